The van der Waals surface area contributed by atoms with E-state index in [-0.39, 0.29) is 28.9 Å². The Labute approximate surface area is 235 Å². The molecule has 4 aromatic rings. The van der Waals surface area contributed by atoms with Crippen molar-refractivity contribution in [2.45, 2.75) is 76.9 Å². The normalized spacial score (nSPS) is 18.1. The van der Waals surface area contributed by atoms with Crippen LogP contribution in [0.5, 0.6) is 0 Å². The van der Waals surface area contributed by atoms with Gasteiger partial charge in [0.1, 0.15) is 0 Å². The van der Waals surface area contributed by atoms with Crippen molar-refractivity contribution in [2.75, 3.05) is 6.54 Å². The van der Waals surface area contributed by atoms with E-state index < -0.39 is 0 Å². The standard InChI is InChI=1S/C37H43NO/c1-25-7-15-29(16-8-25)36(3,4)31-19-11-27(12-20-31)35(34-23-33(39)24-38-34)28-13-21-32(22-14-28)37(5,6)30-17-9-26(2)10-18-30/h7-22,33-35,38-39H,23-24H2,1-6H3/t33-,34-/m1/s1. The van der Waals surface area contributed by atoms with Crippen molar-refractivity contribution in [3.8, 4) is 0 Å². The van der Waals surface area contributed by atoms with Gasteiger partial charge in [0.2, 0.25) is 0 Å². The van der Waals surface area contributed by atoms with Crippen molar-refractivity contribution in [2.24, 2.45) is 0 Å². The highest BCUT2D eigenvalue weighted by Crippen LogP contribution is 2.38. The van der Waals surface area contributed by atoms with Gasteiger partial charge in [-0.3, -0.25) is 0 Å². The molecule has 0 aromatic heterocycles. The van der Waals surface area contributed by atoms with Gasteiger partial charge in [0.25, 0.3) is 0 Å². The molecule has 1 aliphatic heterocycles. The minimum atomic E-state index is -0.294. The summed E-state index contributed by atoms with van der Waals surface area (Å²) < 4.78 is 0. The Morgan fingerprint density at radius 2 is 0.923 bits per heavy atom. The first-order valence-corrected chi connectivity index (χ1v) is 14.3. The average Bonchev–Trinajstić information content (AvgIpc) is 3.35. The van der Waals surface area contributed by atoms with Crippen LogP contribution in [-0.4, -0.2) is 23.8 Å². The molecule has 4 aromatic carbocycles. The van der Waals surface area contributed by atoms with E-state index >= 15 is 0 Å². The third kappa shape index (κ3) is 5.60. The largest absolute Gasteiger partial charge is 0.392 e. The molecule has 0 spiro atoms. The van der Waals surface area contributed by atoms with Crippen LogP contribution in [0.25, 0.3) is 0 Å². The summed E-state index contributed by atoms with van der Waals surface area (Å²) in [5, 5.41) is 14.0. The Hall–Kier alpha value is -3.20. The van der Waals surface area contributed by atoms with Gasteiger partial charge < -0.3 is 10.4 Å². The first kappa shape index (κ1) is 27.4. The molecule has 0 bridgehead atoms. The Morgan fingerprint density at radius 1 is 0.590 bits per heavy atom. The third-order valence-corrected chi connectivity index (χ3v) is 9.07. The number of aliphatic hydroxyl groups excluding tert-OH is 1. The van der Waals surface area contributed by atoms with Gasteiger partial charge in [0.05, 0.1) is 6.10 Å². The molecule has 1 heterocycles. The van der Waals surface area contributed by atoms with E-state index in [1.807, 2.05) is 0 Å². The zero-order valence-corrected chi connectivity index (χ0v) is 24.3. The number of benzene rings is 4. The molecule has 5 rings (SSSR count). The van der Waals surface area contributed by atoms with Gasteiger partial charge >= 0.3 is 0 Å². The van der Waals surface area contributed by atoms with E-state index in [9.17, 15) is 5.11 Å². The van der Waals surface area contributed by atoms with Gasteiger partial charge in [-0.2, -0.15) is 0 Å². The lowest BCUT2D eigenvalue weighted by molar-refractivity contribution is 0.192. The van der Waals surface area contributed by atoms with E-state index in [0.29, 0.717) is 6.54 Å². The first-order chi connectivity index (χ1) is 18.6. The second kappa shape index (κ2) is 10.8. The third-order valence-electron chi connectivity index (χ3n) is 9.07. The van der Waals surface area contributed by atoms with E-state index in [1.54, 1.807) is 0 Å². The molecule has 2 N–H and O–H groups in total. The van der Waals surface area contributed by atoms with Crippen LogP contribution in [0, 0.1) is 13.8 Å². The highest BCUT2D eigenvalue weighted by atomic mass is 16.3. The van der Waals surface area contributed by atoms with Crippen LogP contribution in [0.1, 0.15) is 84.5 Å². The van der Waals surface area contributed by atoms with E-state index in [0.717, 1.165) is 6.42 Å². The predicted octanol–water partition coefficient (Wildman–Crippen LogP) is 7.81. The molecule has 0 unspecified atom stereocenters. The molecule has 1 aliphatic rings. The monoisotopic (exact) mass is 517 g/mol. The highest BCUT2D eigenvalue weighted by molar-refractivity contribution is 5.45. The van der Waals surface area contributed by atoms with Crippen molar-refractivity contribution in [1.29, 1.82) is 0 Å². The van der Waals surface area contributed by atoms with Crippen LogP contribution in [0.4, 0.5) is 0 Å². The minimum Gasteiger partial charge on any atom is -0.392 e. The molecule has 202 valence electrons. The quantitative estimate of drug-likeness (QED) is 0.262. The maximum absolute atomic E-state index is 10.4. The molecule has 2 heteroatoms. The van der Waals surface area contributed by atoms with Gasteiger partial charge in [-0.15, -0.1) is 0 Å². The molecule has 2 nitrogen and oxygen atoms in total. The minimum absolute atomic E-state index is 0.0766. The average molecular weight is 518 g/mol. The maximum atomic E-state index is 10.4. The number of nitrogens with one attached hydrogen (secondary N) is 1. The number of rotatable bonds is 7. The summed E-state index contributed by atoms with van der Waals surface area (Å²) in [5.41, 5.74) is 10.3. The molecular weight excluding hydrogens is 474 g/mol. The topological polar surface area (TPSA) is 32.3 Å². The number of hydrogen-bond acceptors (Lipinski definition) is 2. The molecule has 0 amide bonds. The van der Waals surface area contributed by atoms with Crippen LogP contribution < -0.4 is 5.32 Å². The maximum Gasteiger partial charge on any atom is 0.0679 e. The van der Waals surface area contributed by atoms with E-state index in [4.69, 9.17) is 0 Å². The van der Waals surface area contributed by atoms with Crippen molar-refractivity contribution >= 4 is 0 Å². The Kier molecular flexibility index (Phi) is 7.55. The molecule has 1 fully saturated rings. The predicted molar refractivity (Wildman–Crippen MR) is 164 cm³/mol. The summed E-state index contributed by atoms with van der Waals surface area (Å²) in [6.07, 6.45) is 0.467. The fourth-order valence-corrected chi connectivity index (χ4v) is 6.15. The number of aliphatic hydroxyl groups is 1. The van der Waals surface area contributed by atoms with Gasteiger partial charge in [0, 0.05) is 29.3 Å². The van der Waals surface area contributed by atoms with Crippen LogP contribution >= 0.6 is 0 Å². The summed E-state index contributed by atoms with van der Waals surface area (Å²) in [6, 6.07) is 36.3. The van der Waals surface area contributed by atoms with Crippen molar-refractivity contribution in [1.82, 2.24) is 5.32 Å². The van der Waals surface area contributed by atoms with Crippen molar-refractivity contribution in [3.63, 3.8) is 0 Å². The highest BCUT2D eigenvalue weighted by Gasteiger charge is 2.33. The summed E-state index contributed by atoms with van der Waals surface area (Å²) in [5.74, 6) is 0.176. The Morgan fingerprint density at radius 3 is 1.23 bits per heavy atom. The van der Waals surface area contributed by atoms with Gasteiger partial charge in [0.15, 0.2) is 0 Å². The fraction of sp³-hybridized carbons (Fsp3) is 0.351. The summed E-state index contributed by atoms with van der Waals surface area (Å²) >= 11 is 0. The van der Waals surface area contributed by atoms with Crippen LogP contribution in [0.2, 0.25) is 0 Å². The molecule has 2 atom stereocenters. The first-order valence-electron chi connectivity index (χ1n) is 14.3. The molecule has 39 heavy (non-hydrogen) atoms. The van der Waals surface area contributed by atoms with Gasteiger partial charge in [-0.1, -0.05) is 136 Å². The van der Waals surface area contributed by atoms with E-state index in [1.165, 1.54) is 44.5 Å². The Balaban J connectivity index is 1.46. The second-order valence-electron chi connectivity index (χ2n) is 12.6. The molecule has 0 aliphatic carbocycles. The molecule has 0 radical (unpaired) electrons. The summed E-state index contributed by atoms with van der Waals surface area (Å²) in [4.78, 5) is 0. The lowest BCUT2D eigenvalue weighted by Crippen LogP contribution is -2.30. The summed E-state index contributed by atoms with van der Waals surface area (Å²) in [7, 11) is 0. The zero-order chi connectivity index (χ0) is 27.8. The van der Waals surface area contributed by atoms with E-state index in [2.05, 4.69) is 144 Å². The lowest BCUT2D eigenvalue weighted by atomic mass is 9.75. The van der Waals surface area contributed by atoms with Gasteiger partial charge in [-0.25, -0.2) is 0 Å². The second-order valence-corrected chi connectivity index (χ2v) is 12.6. The zero-order valence-electron chi connectivity index (χ0n) is 24.3. The smallest absolute Gasteiger partial charge is 0.0679 e. The SMILES string of the molecule is Cc1ccc(C(C)(C)c2ccc(C(c3ccc(C(C)(C)c4ccc(C)cc4)cc3)[C@H]3C[C@@H](O)CN3)cc2)cc1. The van der Waals surface area contributed by atoms with Crippen LogP contribution in [-0.2, 0) is 10.8 Å². The molecule has 1 saturated heterocycles. The number of aryl methyl sites for hydroxylation is 2. The molecule has 0 saturated carbocycles. The lowest BCUT2D eigenvalue weighted by Gasteiger charge is -2.30. The molecular formula is C37H43NO. The number of β-amino-alcohol motifs (C(OH)–C–C–N with tert-alkyl or cyclic N) is 1. The fourth-order valence-electron chi connectivity index (χ4n) is 6.15. The van der Waals surface area contributed by atoms with Crippen LogP contribution in [0.3, 0.4) is 0 Å². The van der Waals surface area contributed by atoms with Gasteiger partial charge in [-0.05, 0) is 53.6 Å². The van der Waals surface area contributed by atoms with Crippen molar-refractivity contribution in [3.05, 3.63) is 142 Å². The number of hydrogen-bond donors (Lipinski definition) is 2. The van der Waals surface area contributed by atoms with Crippen LogP contribution in [0.15, 0.2) is 97.1 Å². The Bertz CT molecular complexity index is 1280. The van der Waals surface area contributed by atoms with Crippen molar-refractivity contribution < 1.29 is 5.11 Å². The summed E-state index contributed by atoms with van der Waals surface area (Å²) in [6.45, 7) is 14.1.